The molecule has 1 aromatic carbocycles. The van der Waals surface area contributed by atoms with Gasteiger partial charge in [0, 0.05) is 17.8 Å². The van der Waals surface area contributed by atoms with Gasteiger partial charge in [0.05, 0.1) is 12.1 Å². The Morgan fingerprint density at radius 1 is 1.29 bits per heavy atom. The zero-order chi connectivity index (χ0) is 12.3. The van der Waals surface area contributed by atoms with Gasteiger partial charge in [-0.1, -0.05) is 11.6 Å². The lowest BCUT2D eigenvalue weighted by Crippen LogP contribution is -1.95. The Labute approximate surface area is 112 Å². The van der Waals surface area contributed by atoms with E-state index in [1.54, 1.807) is 25.3 Å². The SMILES string of the molecule is COc1cc(Nc2cc(Br)ncn2)ccc1Cl. The van der Waals surface area contributed by atoms with E-state index in [0.717, 1.165) is 10.3 Å². The molecule has 0 amide bonds. The predicted octanol–water partition coefficient (Wildman–Crippen LogP) is 3.64. The zero-order valence-electron chi connectivity index (χ0n) is 8.95. The van der Waals surface area contributed by atoms with Gasteiger partial charge in [-0.05, 0) is 28.1 Å². The summed E-state index contributed by atoms with van der Waals surface area (Å²) in [5.74, 6) is 1.31. The second-order valence-corrected chi connectivity index (χ2v) is 4.42. The first-order valence-corrected chi connectivity index (χ1v) is 5.94. The van der Waals surface area contributed by atoms with Crippen LogP contribution < -0.4 is 10.1 Å². The smallest absolute Gasteiger partial charge is 0.139 e. The van der Waals surface area contributed by atoms with Crippen LogP contribution >= 0.6 is 27.5 Å². The molecule has 0 atom stereocenters. The lowest BCUT2D eigenvalue weighted by atomic mass is 10.3. The Bertz CT molecular complexity index is 536. The van der Waals surface area contributed by atoms with Crippen LogP contribution in [0.3, 0.4) is 0 Å². The number of halogens is 2. The first kappa shape index (κ1) is 12.1. The summed E-state index contributed by atoms with van der Waals surface area (Å²) in [5.41, 5.74) is 0.844. The van der Waals surface area contributed by atoms with Crippen LogP contribution in [-0.4, -0.2) is 17.1 Å². The molecule has 17 heavy (non-hydrogen) atoms. The zero-order valence-corrected chi connectivity index (χ0v) is 11.3. The van der Waals surface area contributed by atoms with Crippen LogP contribution in [0.1, 0.15) is 0 Å². The molecule has 0 aliphatic heterocycles. The van der Waals surface area contributed by atoms with Gasteiger partial charge >= 0.3 is 0 Å². The van der Waals surface area contributed by atoms with Crippen LogP contribution in [0.4, 0.5) is 11.5 Å². The lowest BCUT2D eigenvalue weighted by molar-refractivity contribution is 0.415. The minimum Gasteiger partial charge on any atom is -0.495 e. The molecule has 2 rings (SSSR count). The standard InChI is InChI=1S/C11H9BrClN3O/c1-17-9-4-7(2-3-8(9)13)16-11-5-10(12)14-6-15-11/h2-6H,1H3,(H,14,15,16). The number of nitrogens with one attached hydrogen (secondary N) is 1. The molecular weight excluding hydrogens is 305 g/mol. The second kappa shape index (κ2) is 5.33. The third kappa shape index (κ3) is 3.08. The quantitative estimate of drug-likeness (QED) is 0.879. The van der Waals surface area contributed by atoms with E-state index in [1.165, 1.54) is 6.33 Å². The molecular formula is C11H9BrClN3O. The van der Waals surface area contributed by atoms with Crippen LogP contribution in [0, 0.1) is 0 Å². The van der Waals surface area contributed by atoms with E-state index in [9.17, 15) is 0 Å². The van der Waals surface area contributed by atoms with E-state index in [0.29, 0.717) is 16.6 Å². The van der Waals surface area contributed by atoms with E-state index in [2.05, 4.69) is 31.2 Å². The van der Waals surface area contributed by atoms with Crippen LogP contribution in [-0.2, 0) is 0 Å². The second-order valence-electron chi connectivity index (χ2n) is 3.20. The van der Waals surface area contributed by atoms with E-state index in [4.69, 9.17) is 16.3 Å². The van der Waals surface area contributed by atoms with Crippen molar-refractivity contribution >= 4 is 39.0 Å². The summed E-state index contributed by atoms with van der Waals surface area (Å²) in [4.78, 5) is 8.04. The summed E-state index contributed by atoms with van der Waals surface area (Å²) in [6.07, 6.45) is 1.47. The van der Waals surface area contributed by atoms with Crippen LogP contribution in [0.2, 0.25) is 5.02 Å². The first-order chi connectivity index (χ1) is 8.19. The Balaban J connectivity index is 2.24. The number of aromatic nitrogens is 2. The minimum atomic E-state index is 0.571. The number of methoxy groups -OCH3 is 1. The maximum absolute atomic E-state index is 5.94. The van der Waals surface area contributed by atoms with Gasteiger partial charge in [0.2, 0.25) is 0 Å². The molecule has 1 N–H and O–H groups in total. The summed E-state index contributed by atoms with van der Waals surface area (Å²) >= 11 is 9.22. The molecule has 1 heterocycles. The normalized spacial score (nSPS) is 10.1. The summed E-state index contributed by atoms with van der Waals surface area (Å²) < 4.78 is 5.85. The maximum Gasteiger partial charge on any atom is 0.139 e. The topological polar surface area (TPSA) is 47.0 Å². The molecule has 0 aliphatic carbocycles. The maximum atomic E-state index is 5.94. The van der Waals surface area contributed by atoms with Crippen LogP contribution in [0.5, 0.6) is 5.75 Å². The summed E-state index contributed by atoms with van der Waals surface area (Å²) in [6.45, 7) is 0. The Kier molecular flexibility index (Phi) is 3.81. The van der Waals surface area contributed by atoms with E-state index in [-0.39, 0.29) is 0 Å². The van der Waals surface area contributed by atoms with Gasteiger partial charge in [0.1, 0.15) is 22.5 Å². The first-order valence-electron chi connectivity index (χ1n) is 4.77. The number of nitrogens with zero attached hydrogens (tertiary/aromatic N) is 2. The summed E-state index contributed by atoms with van der Waals surface area (Å²) in [6, 6.07) is 7.19. The third-order valence-electron chi connectivity index (χ3n) is 2.06. The fraction of sp³-hybridized carbons (Fsp3) is 0.0909. The van der Waals surface area contributed by atoms with Crippen molar-refractivity contribution in [3.63, 3.8) is 0 Å². The van der Waals surface area contributed by atoms with Crippen molar-refractivity contribution < 1.29 is 4.74 Å². The van der Waals surface area contributed by atoms with Crippen molar-refractivity contribution in [3.05, 3.63) is 40.2 Å². The molecule has 0 bridgehead atoms. The van der Waals surface area contributed by atoms with Gasteiger partial charge in [-0.3, -0.25) is 0 Å². The van der Waals surface area contributed by atoms with Crippen molar-refractivity contribution in [2.24, 2.45) is 0 Å². The molecule has 0 fully saturated rings. The number of anilines is 2. The largest absolute Gasteiger partial charge is 0.495 e. The number of hydrogen-bond donors (Lipinski definition) is 1. The van der Waals surface area contributed by atoms with Gasteiger partial charge in [-0.25, -0.2) is 9.97 Å². The van der Waals surface area contributed by atoms with Gasteiger partial charge in [-0.2, -0.15) is 0 Å². The van der Waals surface area contributed by atoms with Crippen molar-refractivity contribution in [1.29, 1.82) is 0 Å². The number of rotatable bonds is 3. The highest BCUT2D eigenvalue weighted by Gasteiger charge is 2.03. The number of benzene rings is 1. The molecule has 0 aliphatic rings. The molecule has 1 aromatic heterocycles. The number of hydrogen-bond acceptors (Lipinski definition) is 4. The third-order valence-corrected chi connectivity index (χ3v) is 2.80. The molecule has 2 aromatic rings. The fourth-order valence-electron chi connectivity index (χ4n) is 1.29. The fourth-order valence-corrected chi connectivity index (χ4v) is 1.79. The lowest BCUT2D eigenvalue weighted by Gasteiger charge is -2.08. The molecule has 0 unspecified atom stereocenters. The average Bonchev–Trinajstić information content (AvgIpc) is 2.32. The molecule has 0 saturated heterocycles. The molecule has 0 spiro atoms. The monoisotopic (exact) mass is 313 g/mol. The molecule has 4 nitrogen and oxygen atoms in total. The van der Waals surface area contributed by atoms with Gasteiger partial charge < -0.3 is 10.1 Å². The average molecular weight is 315 g/mol. The number of ether oxygens (including phenoxy) is 1. The van der Waals surface area contributed by atoms with Crippen LogP contribution in [0.15, 0.2) is 35.2 Å². The van der Waals surface area contributed by atoms with Gasteiger partial charge in [-0.15, -0.1) is 0 Å². The molecule has 0 radical (unpaired) electrons. The highest BCUT2D eigenvalue weighted by molar-refractivity contribution is 9.10. The molecule has 6 heteroatoms. The Hall–Kier alpha value is -1.33. The Morgan fingerprint density at radius 3 is 2.82 bits per heavy atom. The van der Waals surface area contributed by atoms with Crippen molar-refractivity contribution in [3.8, 4) is 5.75 Å². The van der Waals surface area contributed by atoms with Crippen molar-refractivity contribution in [1.82, 2.24) is 9.97 Å². The van der Waals surface area contributed by atoms with Gasteiger partial charge in [0.25, 0.3) is 0 Å². The summed E-state index contributed by atoms with van der Waals surface area (Å²) in [7, 11) is 1.58. The van der Waals surface area contributed by atoms with Crippen LogP contribution in [0.25, 0.3) is 0 Å². The predicted molar refractivity (Wildman–Crippen MR) is 71.0 cm³/mol. The van der Waals surface area contributed by atoms with Crippen molar-refractivity contribution in [2.45, 2.75) is 0 Å². The summed E-state index contributed by atoms with van der Waals surface area (Å²) in [5, 5.41) is 3.70. The highest BCUT2D eigenvalue weighted by atomic mass is 79.9. The molecule has 0 saturated carbocycles. The van der Waals surface area contributed by atoms with E-state index in [1.807, 2.05) is 6.07 Å². The van der Waals surface area contributed by atoms with Gasteiger partial charge in [0.15, 0.2) is 0 Å². The van der Waals surface area contributed by atoms with Crippen molar-refractivity contribution in [2.75, 3.05) is 12.4 Å². The molecule has 88 valence electrons. The van der Waals surface area contributed by atoms with E-state index >= 15 is 0 Å². The van der Waals surface area contributed by atoms with E-state index < -0.39 is 0 Å². The minimum absolute atomic E-state index is 0.571. The highest BCUT2D eigenvalue weighted by Crippen LogP contribution is 2.28. The Morgan fingerprint density at radius 2 is 2.12 bits per heavy atom.